The van der Waals surface area contributed by atoms with E-state index in [9.17, 15) is 19.8 Å². The number of carbonyl (C=O) groups is 2. The van der Waals surface area contributed by atoms with Crippen molar-refractivity contribution in [2.75, 3.05) is 53.0 Å². The van der Waals surface area contributed by atoms with Crippen LogP contribution >= 0.6 is 11.6 Å². The van der Waals surface area contributed by atoms with E-state index in [1.165, 1.54) is 57.0 Å². The van der Waals surface area contributed by atoms with Crippen LogP contribution in [-0.4, -0.2) is 97.8 Å². The Hall–Kier alpha value is -3.32. The average molecular weight is 833 g/mol. The topological polar surface area (TPSA) is 148 Å². The molecule has 326 valence electrons. The molecule has 0 bridgehead atoms. The number of aliphatic hydroxyl groups excluding tert-OH is 2. The van der Waals surface area contributed by atoms with Gasteiger partial charge in [0, 0.05) is 44.7 Å². The van der Waals surface area contributed by atoms with E-state index in [1.54, 1.807) is 19.2 Å². The molecule has 0 unspecified atom stereocenters. The molecule has 13 heteroatoms. The Morgan fingerprint density at radius 1 is 1.02 bits per heavy atom. The highest BCUT2D eigenvalue weighted by molar-refractivity contribution is 6.18. The highest BCUT2D eigenvalue weighted by Gasteiger charge is 2.65. The minimum atomic E-state index is -1.40. The minimum absolute atomic E-state index is 0.0322. The SMILES string of the molecule is C=CCO[C@@]12Oc3ccc(OC(=O)NCCCCCCCCCCCC)cc3[C@H]3[C@H](CCCCO)[C@@H](CCCCO)C=C(C(=NOC)C[C@@H]1N(C)C(=O)OCCCl)[C@H]32. The number of allylic oxidation sites excluding steroid dienone is 1. The van der Waals surface area contributed by atoms with Gasteiger partial charge in [-0.3, -0.25) is 0 Å². The van der Waals surface area contributed by atoms with Gasteiger partial charge in [0.05, 0.1) is 24.1 Å². The maximum atomic E-state index is 13.6. The van der Waals surface area contributed by atoms with Crippen molar-refractivity contribution in [3.63, 3.8) is 0 Å². The van der Waals surface area contributed by atoms with Crippen LogP contribution in [0.3, 0.4) is 0 Å². The molecule has 1 aliphatic heterocycles. The second-order valence-electron chi connectivity index (χ2n) is 15.9. The Kier molecular flexibility index (Phi) is 20.7. The van der Waals surface area contributed by atoms with E-state index < -0.39 is 29.9 Å². The standard InChI is InChI=1S/C45H70ClN3O9/c1-5-7-8-9-10-11-12-13-14-17-25-47-43(52)57-34-22-23-39-37(31-34)41-35(21-16-19-27-51)33(20-15-18-26-50)30-36-38(48-54-4)32-40(49(3)44(53)55-29-24-46)45(58-39,42(36)41)56-28-6-2/h6,22-23,30-31,33,35,40-42,50-51H,2,5,7-21,24-29,32H2,1,3-4H3,(H,47,52)/t33-,35+,40-,41+,42+,45+/m0/s1. The average Bonchev–Trinajstić information content (AvgIpc) is 3.22. The summed E-state index contributed by atoms with van der Waals surface area (Å²) >= 11 is 5.90. The van der Waals surface area contributed by atoms with E-state index in [-0.39, 0.29) is 56.5 Å². The van der Waals surface area contributed by atoms with Crippen molar-refractivity contribution >= 4 is 29.5 Å². The Labute approximate surface area is 351 Å². The summed E-state index contributed by atoms with van der Waals surface area (Å²) in [7, 11) is 3.17. The zero-order valence-corrected chi connectivity index (χ0v) is 36.0. The molecule has 12 nitrogen and oxygen atoms in total. The van der Waals surface area contributed by atoms with Gasteiger partial charge in [0.15, 0.2) is 0 Å². The number of oxime groups is 1. The van der Waals surface area contributed by atoms with Gasteiger partial charge in [-0.1, -0.05) is 94.9 Å². The van der Waals surface area contributed by atoms with Crippen molar-refractivity contribution in [2.24, 2.45) is 22.9 Å². The number of hydrogen-bond donors (Lipinski definition) is 3. The van der Waals surface area contributed by atoms with E-state index in [4.69, 9.17) is 35.4 Å². The Morgan fingerprint density at radius 3 is 2.36 bits per heavy atom. The molecular formula is C45H70ClN3O9. The van der Waals surface area contributed by atoms with Gasteiger partial charge in [0.2, 0.25) is 5.79 Å². The van der Waals surface area contributed by atoms with Crippen LogP contribution in [0.25, 0.3) is 0 Å². The summed E-state index contributed by atoms with van der Waals surface area (Å²) in [4.78, 5) is 33.6. The normalized spacial score (nSPS) is 23.9. The number of rotatable bonds is 27. The van der Waals surface area contributed by atoms with Gasteiger partial charge in [-0.2, -0.15) is 0 Å². The van der Waals surface area contributed by atoms with Gasteiger partial charge in [0.1, 0.15) is 31.3 Å². The number of benzene rings is 1. The second kappa shape index (κ2) is 25.3. The second-order valence-corrected chi connectivity index (χ2v) is 16.2. The molecule has 1 aromatic rings. The first-order valence-corrected chi connectivity index (χ1v) is 22.4. The zero-order chi connectivity index (χ0) is 41.8. The molecule has 2 aliphatic carbocycles. The predicted octanol–water partition coefficient (Wildman–Crippen LogP) is 9.27. The molecule has 1 fully saturated rings. The molecule has 1 saturated carbocycles. The molecule has 2 amide bonds. The molecule has 3 N–H and O–H groups in total. The largest absolute Gasteiger partial charge is 0.459 e. The fraction of sp³-hybridized carbons (Fsp3) is 0.711. The molecular weight excluding hydrogens is 762 g/mol. The van der Waals surface area contributed by atoms with Crippen molar-refractivity contribution < 1.29 is 43.6 Å². The number of carbonyl (C=O) groups excluding carboxylic acids is 2. The van der Waals surface area contributed by atoms with Gasteiger partial charge >= 0.3 is 12.2 Å². The van der Waals surface area contributed by atoms with Gasteiger partial charge < -0.3 is 44.2 Å². The van der Waals surface area contributed by atoms with Crippen LogP contribution in [-0.2, 0) is 14.3 Å². The van der Waals surface area contributed by atoms with Crippen molar-refractivity contribution in [3.05, 3.63) is 48.1 Å². The number of halogens is 1. The van der Waals surface area contributed by atoms with Crippen LogP contribution in [0.2, 0.25) is 0 Å². The van der Waals surface area contributed by atoms with Crippen LogP contribution in [0.4, 0.5) is 9.59 Å². The van der Waals surface area contributed by atoms with Gasteiger partial charge in [-0.25, -0.2) is 9.59 Å². The van der Waals surface area contributed by atoms with Crippen LogP contribution in [0, 0.1) is 17.8 Å². The number of aliphatic hydroxyl groups is 2. The number of nitrogens with zero attached hydrogens (tertiary/aromatic N) is 2. The number of nitrogens with one attached hydrogen (secondary N) is 1. The highest BCUT2D eigenvalue weighted by atomic mass is 35.5. The molecule has 1 heterocycles. The van der Waals surface area contributed by atoms with E-state index in [0.717, 1.165) is 56.1 Å². The number of amides is 2. The number of fused-ring (bicyclic) bond motifs is 2. The quantitative estimate of drug-likeness (QED) is 0.0342. The van der Waals surface area contributed by atoms with Crippen molar-refractivity contribution in [1.82, 2.24) is 10.2 Å². The number of hydrogen-bond acceptors (Lipinski definition) is 10. The number of alkyl halides is 1. The monoisotopic (exact) mass is 831 g/mol. The predicted molar refractivity (Wildman–Crippen MR) is 228 cm³/mol. The maximum Gasteiger partial charge on any atom is 0.412 e. The smallest absolute Gasteiger partial charge is 0.412 e. The lowest BCUT2D eigenvalue weighted by atomic mass is 9.55. The van der Waals surface area contributed by atoms with Crippen LogP contribution in [0.5, 0.6) is 11.5 Å². The van der Waals surface area contributed by atoms with Gasteiger partial charge in [-0.15, -0.1) is 18.2 Å². The lowest BCUT2D eigenvalue weighted by Crippen LogP contribution is -2.69. The fourth-order valence-electron chi connectivity index (χ4n) is 9.20. The first kappa shape index (κ1) is 47.4. The Morgan fingerprint density at radius 2 is 1.71 bits per heavy atom. The molecule has 0 radical (unpaired) electrons. The highest BCUT2D eigenvalue weighted by Crippen LogP contribution is 2.61. The van der Waals surface area contributed by atoms with E-state index >= 15 is 0 Å². The fourth-order valence-corrected chi connectivity index (χ4v) is 9.28. The van der Waals surface area contributed by atoms with Crippen molar-refractivity contribution in [3.8, 4) is 11.5 Å². The molecule has 0 spiro atoms. The number of likely N-dealkylation sites (N-methyl/N-ethyl adjacent to an activating group) is 1. The van der Waals surface area contributed by atoms with E-state index in [1.807, 2.05) is 12.1 Å². The van der Waals surface area contributed by atoms with Crippen LogP contribution in [0.15, 0.2) is 47.7 Å². The van der Waals surface area contributed by atoms with Gasteiger partial charge in [-0.05, 0) is 67.7 Å². The van der Waals surface area contributed by atoms with Crippen molar-refractivity contribution in [2.45, 2.75) is 134 Å². The van der Waals surface area contributed by atoms with Crippen LogP contribution in [0.1, 0.15) is 128 Å². The first-order valence-electron chi connectivity index (χ1n) is 21.8. The maximum absolute atomic E-state index is 13.6. The molecule has 6 atom stereocenters. The lowest BCUT2D eigenvalue weighted by Gasteiger charge is -2.59. The molecule has 1 aromatic carbocycles. The first-order chi connectivity index (χ1) is 28.3. The minimum Gasteiger partial charge on any atom is -0.459 e. The third kappa shape index (κ3) is 12.6. The summed E-state index contributed by atoms with van der Waals surface area (Å²) < 4.78 is 25.3. The molecule has 0 saturated heterocycles. The summed E-state index contributed by atoms with van der Waals surface area (Å²) in [6.45, 7) is 7.08. The summed E-state index contributed by atoms with van der Waals surface area (Å²) in [6.07, 6.45) is 19.8. The van der Waals surface area contributed by atoms with E-state index in [2.05, 4.69) is 30.1 Å². The molecule has 4 rings (SSSR count). The molecule has 0 aromatic heterocycles. The third-order valence-electron chi connectivity index (χ3n) is 11.9. The summed E-state index contributed by atoms with van der Waals surface area (Å²) in [6, 6.07) is 4.74. The van der Waals surface area contributed by atoms with E-state index in [0.29, 0.717) is 36.6 Å². The third-order valence-corrected chi connectivity index (χ3v) is 12.1. The Bertz CT molecular complexity index is 1490. The number of ether oxygens (including phenoxy) is 4. The summed E-state index contributed by atoms with van der Waals surface area (Å²) in [5, 5.41) is 27.1. The summed E-state index contributed by atoms with van der Waals surface area (Å²) in [5.74, 6) is -0.927. The lowest BCUT2D eigenvalue weighted by molar-refractivity contribution is -0.253. The van der Waals surface area contributed by atoms with Crippen LogP contribution < -0.4 is 14.8 Å². The van der Waals surface area contributed by atoms with Gasteiger partial charge in [0.25, 0.3) is 0 Å². The molecule has 3 aliphatic rings. The van der Waals surface area contributed by atoms with Crippen molar-refractivity contribution in [1.29, 1.82) is 0 Å². The zero-order valence-electron chi connectivity index (χ0n) is 35.3. The summed E-state index contributed by atoms with van der Waals surface area (Å²) in [5.41, 5.74) is 2.44. The Balaban J connectivity index is 1.69. The number of unbranched alkanes of at least 4 members (excludes halogenated alkanes) is 11. The molecule has 58 heavy (non-hydrogen) atoms.